The van der Waals surface area contributed by atoms with Gasteiger partial charge in [-0.2, -0.15) is 0 Å². The van der Waals surface area contributed by atoms with Crippen LogP contribution in [-0.2, 0) is 0 Å². The fourth-order valence-electron chi connectivity index (χ4n) is 2.40. The second-order valence-electron chi connectivity index (χ2n) is 5.32. The van der Waals surface area contributed by atoms with Gasteiger partial charge in [-0.15, -0.1) is 0 Å². The molecule has 0 heterocycles. The lowest BCUT2D eigenvalue weighted by atomic mass is 9.98. The van der Waals surface area contributed by atoms with Gasteiger partial charge in [0, 0.05) is 22.9 Å². The van der Waals surface area contributed by atoms with Crippen LogP contribution >= 0.6 is 0 Å². The Morgan fingerprint density at radius 1 is 0.720 bits per heavy atom. The van der Waals surface area contributed by atoms with Gasteiger partial charge in [0.15, 0.2) is 17.4 Å². The van der Waals surface area contributed by atoms with Crippen molar-refractivity contribution in [1.82, 2.24) is 0 Å². The summed E-state index contributed by atoms with van der Waals surface area (Å²) in [6, 6.07) is 18.0. The topological polar surface area (TPSA) is 46.2 Å². The first kappa shape index (κ1) is 16.5. The minimum atomic E-state index is -1.06. The Morgan fingerprint density at radius 3 is 2.04 bits per heavy atom. The monoisotopic (exact) mass is 337 g/mol. The normalized spacial score (nSPS) is 10.3. The van der Waals surface area contributed by atoms with E-state index in [1.54, 1.807) is 48.5 Å². The lowest BCUT2D eigenvalue weighted by Crippen LogP contribution is -2.17. The van der Waals surface area contributed by atoms with E-state index in [0.29, 0.717) is 5.56 Å². The molecule has 3 nitrogen and oxygen atoms in total. The molecule has 25 heavy (non-hydrogen) atoms. The number of hydrogen-bond acceptors (Lipinski definition) is 2. The number of halogens is 2. The molecule has 0 saturated heterocycles. The molecule has 0 aromatic heterocycles. The van der Waals surface area contributed by atoms with Crippen LogP contribution in [0.2, 0.25) is 0 Å². The van der Waals surface area contributed by atoms with Crippen molar-refractivity contribution in [3.63, 3.8) is 0 Å². The number of carbonyl (C=O) groups excluding carboxylic acids is 2. The van der Waals surface area contributed by atoms with E-state index in [1.807, 2.05) is 0 Å². The van der Waals surface area contributed by atoms with Crippen molar-refractivity contribution in [3.8, 4) is 0 Å². The SMILES string of the molecule is O=C(Nc1ccc(F)c(F)c1)c1ccccc1C(=O)c1ccccc1. The fourth-order valence-corrected chi connectivity index (χ4v) is 2.40. The standard InChI is InChI=1S/C20H13F2NO2/c21-17-11-10-14(12-18(17)22)23-20(25)16-9-5-4-8-15(16)19(24)13-6-2-1-3-7-13/h1-12H,(H,23,25). The number of hydrogen-bond donors (Lipinski definition) is 1. The van der Waals surface area contributed by atoms with E-state index in [2.05, 4.69) is 5.32 Å². The summed E-state index contributed by atoms with van der Waals surface area (Å²) in [6.07, 6.45) is 0. The Bertz CT molecular complexity index is 939. The van der Waals surface area contributed by atoms with Crippen LogP contribution < -0.4 is 5.32 Å². The Balaban J connectivity index is 1.91. The zero-order valence-corrected chi connectivity index (χ0v) is 13.0. The summed E-state index contributed by atoms with van der Waals surface area (Å²) in [5.41, 5.74) is 0.941. The zero-order chi connectivity index (χ0) is 17.8. The van der Waals surface area contributed by atoms with E-state index in [4.69, 9.17) is 0 Å². The Hall–Kier alpha value is -3.34. The average Bonchev–Trinajstić information content (AvgIpc) is 2.65. The van der Waals surface area contributed by atoms with Crippen LogP contribution in [0.25, 0.3) is 0 Å². The molecule has 124 valence electrons. The highest BCUT2D eigenvalue weighted by Gasteiger charge is 2.18. The van der Waals surface area contributed by atoms with Crippen molar-refractivity contribution in [2.24, 2.45) is 0 Å². The molecule has 0 bridgehead atoms. The molecule has 0 saturated carbocycles. The van der Waals surface area contributed by atoms with Crippen LogP contribution in [0.3, 0.4) is 0 Å². The third kappa shape index (κ3) is 3.61. The van der Waals surface area contributed by atoms with Gasteiger partial charge in [-0.05, 0) is 18.2 Å². The molecule has 0 aliphatic rings. The van der Waals surface area contributed by atoms with Gasteiger partial charge in [0.1, 0.15) is 0 Å². The molecular formula is C20H13F2NO2. The Morgan fingerprint density at radius 2 is 1.36 bits per heavy atom. The summed E-state index contributed by atoms with van der Waals surface area (Å²) < 4.78 is 26.3. The van der Waals surface area contributed by atoms with E-state index >= 15 is 0 Å². The zero-order valence-electron chi connectivity index (χ0n) is 13.0. The highest BCUT2D eigenvalue weighted by atomic mass is 19.2. The second-order valence-corrected chi connectivity index (χ2v) is 5.32. The predicted molar refractivity (Wildman–Crippen MR) is 90.6 cm³/mol. The molecule has 0 fully saturated rings. The second kappa shape index (κ2) is 7.05. The van der Waals surface area contributed by atoms with Crippen LogP contribution in [0.5, 0.6) is 0 Å². The molecule has 0 aliphatic carbocycles. The van der Waals surface area contributed by atoms with Gasteiger partial charge in [-0.3, -0.25) is 9.59 Å². The Kier molecular flexibility index (Phi) is 4.66. The minimum Gasteiger partial charge on any atom is -0.322 e. The summed E-state index contributed by atoms with van der Waals surface area (Å²) in [4.78, 5) is 25.1. The molecule has 0 radical (unpaired) electrons. The highest BCUT2D eigenvalue weighted by molar-refractivity contribution is 6.17. The van der Waals surface area contributed by atoms with E-state index in [9.17, 15) is 18.4 Å². The molecular weight excluding hydrogens is 324 g/mol. The van der Waals surface area contributed by atoms with Gasteiger partial charge in [0.05, 0.1) is 5.56 Å². The van der Waals surface area contributed by atoms with Gasteiger partial charge in [0.25, 0.3) is 5.91 Å². The number of carbonyl (C=O) groups is 2. The highest BCUT2D eigenvalue weighted by Crippen LogP contribution is 2.18. The van der Waals surface area contributed by atoms with Crippen molar-refractivity contribution >= 4 is 17.4 Å². The summed E-state index contributed by atoms with van der Waals surface area (Å²) in [5, 5.41) is 2.48. The van der Waals surface area contributed by atoms with E-state index in [1.165, 1.54) is 12.1 Å². The van der Waals surface area contributed by atoms with Crippen LogP contribution in [0.4, 0.5) is 14.5 Å². The van der Waals surface area contributed by atoms with Gasteiger partial charge in [0.2, 0.25) is 0 Å². The molecule has 0 spiro atoms. The smallest absolute Gasteiger partial charge is 0.256 e. The first-order chi connectivity index (χ1) is 12.1. The molecule has 3 rings (SSSR count). The van der Waals surface area contributed by atoms with Crippen LogP contribution in [0.15, 0.2) is 72.8 Å². The molecule has 0 atom stereocenters. The van der Waals surface area contributed by atoms with Crippen LogP contribution in [-0.4, -0.2) is 11.7 Å². The van der Waals surface area contributed by atoms with Gasteiger partial charge in [-0.25, -0.2) is 8.78 Å². The molecule has 3 aromatic rings. The van der Waals surface area contributed by atoms with Gasteiger partial charge >= 0.3 is 0 Å². The first-order valence-corrected chi connectivity index (χ1v) is 7.51. The van der Waals surface area contributed by atoms with E-state index in [0.717, 1.165) is 12.1 Å². The minimum absolute atomic E-state index is 0.103. The number of nitrogens with one attached hydrogen (secondary N) is 1. The molecule has 0 unspecified atom stereocenters. The molecule has 3 aromatic carbocycles. The van der Waals surface area contributed by atoms with Gasteiger partial charge in [-0.1, -0.05) is 48.5 Å². The Labute approximate surface area is 142 Å². The number of ketones is 1. The summed E-state index contributed by atoms with van der Waals surface area (Å²) in [6.45, 7) is 0. The van der Waals surface area contributed by atoms with Crippen molar-refractivity contribution in [3.05, 3.63) is 101 Å². The third-order valence-electron chi connectivity index (χ3n) is 3.63. The number of rotatable bonds is 4. The summed E-state index contributed by atoms with van der Waals surface area (Å²) >= 11 is 0. The first-order valence-electron chi connectivity index (χ1n) is 7.51. The molecule has 1 amide bonds. The summed E-state index contributed by atoms with van der Waals surface area (Å²) in [5.74, 6) is -2.94. The van der Waals surface area contributed by atoms with E-state index < -0.39 is 17.5 Å². The number of benzene rings is 3. The fraction of sp³-hybridized carbons (Fsp3) is 0. The van der Waals surface area contributed by atoms with Crippen molar-refractivity contribution in [2.75, 3.05) is 5.32 Å². The predicted octanol–water partition coefficient (Wildman–Crippen LogP) is 4.45. The molecule has 1 N–H and O–H groups in total. The van der Waals surface area contributed by atoms with Crippen molar-refractivity contribution in [2.45, 2.75) is 0 Å². The summed E-state index contributed by atoms with van der Waals surface area (Å²) in [7, 11) is 0. The maximum Gasteiger partial charge on any atom is 0.256 e. The van der Waals surface area contributed by atoms with Crippen molar-refractivity contribution < 1.29 is 18.4 Å². The molecule has 0 aliphatic heterocycles. The molecule has 5 heteroatoms. The third-order valence-corrected chi connectivity index (χ3v) is 3.63. The maximum absolute atomic E-state index is 13.3. The lowest BCUT2D eigenvalue weighted by Gasteiger charge is -2.10. The van der Waals surface area contributed by atoms with Crippen LogP contribution in [0.1, 0.15) is 26.3 Å². The quantitative estimate of drug-likeness (QED) is 0.715. The van der Waals surface area contributed by atoms with Crippen molar-refractivity contribution in [1.29, 1.82) is 0 Å². The average molecular weight is 337 g/mol. The number of amides is 1. The van der Waals surface area contributed by atoms with Crippen LogP contribution in [0, 0.1) is 11.6 Å². The van der Waals surface area contributed by atoms with E-state index in [-0.39, 0.29) is 22.6 Å². The largest absolute Gasteiger partial charge is 0.322 e. The maximum atomic E-state index is 13.3. The van der Waals surface area contributed by atoms with Gasteiger partial charge < -0.3 is 5.32 Å². The number of anilines is 1. The lowest BCUT2D eigenvalue weighted by molar-refractivity contribution is 0.0996.